The molecule has 2 amide bonds. The fraction of sp³-hybridized carbons (Fsp3) is 0.545. The molecule has 1 saturated carbocycles. The highest BCUT2D eigenvalue weighted by Crippen LogP contribution is 2.29. The first-order valence-corrected chi connectivity index (χ1v) is 10.2. The highest BCUT2D eigenvalue weighted by atomic mass is 16.5. The molecule has 0 aromatic heterocycles. The number of aryl methyl sites for hydroxylation is 1. The average molecular weight is 397 g/mol. The van der Waals surface area contributed by atoms with E-state index in [1.165, 1.54) is 0 Å². The summed E-state index contributed by atoms with van der Waals surface area (Å²) in [6.07, 6.45) is 4.94. The van der Waals surface area contributed by atoms with E-state index >= 15 is 0 Å². The maximum absolute atomic E-state index is 12.4. The molecule has 1 heterocycles. The number of hydrogen-bond donors (Lipinski definition) is 1. The van der Waals surface area contributed by atoms with Gasteiger partial charge in [0.2, 0.25) is 5.91 Å². The SMILES string of the molecule is CCc1ccccc1N1C[C@@H](C(=O)OCC(=O)NC2(C#N)CCCCC2)CC1=O. The fourth-order valence-corrected chi connectivity index (χ4v) is 4.15. The van der Waals surface area contributed by atoms with Gasteiger partial charge in [-0.05, 0) is 30.9 Å². The minimum atomic E-state index is -0.855. The number of esters is 1. The van der Waals surface area contributed by atoms with Crippen molar-refractivity contribution in [2.45, 2.75) is 57.4 Å². The highest BCUT2D eigenvalue weighted by molar-refractivity contribution is 6.00. The zero-order valence-corrected chi connectivity index (χ0v) is 16.8. The van der Waals surface area contributed by atoms with Gasteiger partial charge >= 0.3 is 5.97 Å². The zero-order valence-electron chi connectivity index (χ0n) is 16.8. The molecule has 0 radical (unpaired) electrons. The Labute approximate surface area is 171 Å². The van der Waals surface area contributed by atoms with E-state index in [9.17, 15) is 19.6 Å². The van der Waals surface area contributed by atoms with Crippen LogP contribution in [0.4, 0.5) is 5.69 Å². The Morgan fingerprint density at radius 3 is 2.69 bits per heavy atom. The number of hydrogen-bond acceptors (Lipinski definition) is 5. The minimum Gasteiger partial charge on any atom is -0.455 e. The number of nitriles is 1. The van der Waals surface area contributed by atoms with Crippen LogP contribution >= 0.6 is 0 Å². The molecule has 1 aliphatic heterocycles. The largest absolute Gasteiger partial charge is 0.455 e. The van der Waals surface area contributed by atoms with Crippen LogP contribution in [-0.2, 0) is 25.5 Å². The number of amides is 2. The Morgan fingerprint density at radius 2 is 2.00 bits per heavy atom. The first-order chi connectivity index (χ1) is 14.0. The van der Waals surface area contributed by atoms with Crippen LogP contribution in [0.2, 0.25) is 0 Å². The molecule has 154 valence electrons. The number of ether oxygens (including phenoxy) is 1. The molecule has 29 heavy (non-hydrogen) atoms. The fourth-order valence-electron chi connectivity index (χ4n) is 4.15. The van der Waals surface area contributed by atoms with Crippen LogP contribution in [0.5, 0.6) is 0 Å². The molecule has 0 unspecified atom stereocenters. The van der Waals surface area contributed by atoms with Crippen molar-refractivity contribution in [3.63, 3.8) is 0 Å². The van der Waals surface area contributed by atoms with E-state index in [0.717, 1.165) is 36.9 Å². The maximum atomic E-state index is 12.4. The average Bonchev–Trinajstić information content (AvgIpc) is 3.14. The smallest absolute Gasteiger partial charge is 0.311 e. The van der Waals surface area contributed by atoms with Gasteiger partial charge in [0.05, 0.1) is 12.0 Å². The van der Waals surface area contributed by atoms with Gasteiger partial charge in [-0.15, -0.1) is 0 Å². The molecule has 0 bridgehead atoms. The monoisotopic (exact) mass is 397 g/mol. The molecule has 0 spiro atoms. The van der Waals surface area contributed by atoms with Gasteiger partial charge in [-0.25, -0.2) is 0 Å². The number of carbonyl (C=O) groups excluding carboxylic acids is 3. The lowest BCUT2D eigenvalue weighted by Gasteiger charge is -2.31. The molecule has 1 saturated heterocycles. The van der Waals surface area contributed by atoms with Crippen molar-refractivity contribution in [1.82, 2.24) is 5.32 Å². The normalized spacial score (nSPS) is 20.8. The zero-order chi connectivity index (χ0) is 20.9. The third-order valence-corrected chi connectivity index (χ3v) is 5.77. The van der Waals surface area contributed by atoms with Gasteiger partial charge < -0.3 is 15.0 Å². The number of nitrogens with zero attached hydrogens (tertiary/aromatic N) is 2. The van der Waals surface area contributed by atoms with Crippen LogP contribution in [0.3, 0.4) is 0 Å². The van der Waals surface area contributed by atoms with Gasteiger partial charge in [-0.3, -0.25) is 14.4 Å². The molecule has 1 atom stereocenters. The van der Waals surface area contributed by atoms with Gasteiger partial charge in [-0.2, -0.15) is 5.26 Å². The Bertz CT molecular complexity index is 824. The number of nitrogens with one attached hydrogen (secondary N) is 1. The van der Waals surface area contributed by atoms with Crippen molar-refractivity contribution in [3.05, 3.63) is 29.8 Å². The number of anilines is 1. The molecule has 1 aromatic rings. The third kappa shape index (κ3) is 4.76. The van der Waals surface area contributed by atoms with Crippen LogP contribution in [-0.4, -0.2) is 36.5 Å². The topological polar surface area (TPSA) is 99.5 Å². The number of benzene rings is 1. The maximum Gasteiger partial charge on any atom is 0.311 e. The Kier molecular flexibility index (Phi) is 6.53. The van der Waals surface area contributed by atoms with Crippen molar-refractivity contribution >= 4 is 23.5 Å². The van der Waals surface area contributed by atoms with Crippen molar-refractivity contribution in [1.29, 1.82) is 5.26 Å². The van der Waals surface area contributed by atoms with Crippen molar-refractivity contribution in [3.8, 4) is 6.07 Å². The standard InChI is InChI=1S/C22H27N3O4/c1-2-16-8-4-5-9-18(16)25-13-17(12-20(25)27)21(28)29-14-19(26)24-22(15-23)10-6-3-7-11-22/h4-5,8-9,17H,2-3,6-7,10-14H2,1H3,(H,24,26)/t17-/m0/s1. The summed E-state index contributed by atoms with van der Waals surface area (Å²) >= 11 is 0. The van der Waals surface area contributed by atoms with E-state index in [2.05, 4.69) is 11.4 Å². The van der Waals surface area contributed by atoms with Gasteiger partial charge in [-0.1, -0.05) is 44.4 Å². The molecule has 7 nitrogen and oxygen atoms in total. The second-order valence-electron chi connectivity index (χ2n) is 7.80. The predicted octanol–water partition coefficient (Wildman–Crippen LogP) is 2.49. The lowest BCUT2D eigenvalue weighted by molar-refractivity contribution is -0.152. The molecule has 3 rings (SSSR count). The lowest BCUT2D eigenvalue weighted by atomic mass is 9.83. The summed E-state index contributed by atoms with van der Waals surface area (Å²) < 4.78 is 5.17. The second-order valence-corrected chi connectivity index (χ2v) is 7.80. The van der Waals surface area contributed by atoms with Crippen LogP contribution in [0.1, 0.15) is 51.0 Å². The summed E-state index contributed by atoms with van der Waals surface area (Å²) in [5, 5.41) is 12.2. The summed E-state index contributed by atoms with van der Waals surface area (Å²) in [5.74, 6) is -1.75. The molecule has 2 fully saturated rings. The number of rotatable bonds is 6. The highest BCUT2D eigenvalue weighted by Gasteiger charge is 2.38. The molecule has 1 aromatic carbocycles. The van der Waals surface area contributed by atoms with E-state index in [-0.39, 0.29) is 18.9 Å². The summed E-state index contributed by atoms with van der Waals surface area (Å²) in [6.45, 7) is 1.83. The minimum absolute atomic E-state index is 0.0701. The van der Waals surface area contributed by atoms with Gasteiger partial charge in [0.25, 0.3) is 5.91 Å². The van der Waals surface area contributed by atoms with E-state index in [1.807, 2.05) is 31.2 Å². The van der Waals surface area contributed by atoms with Gasteiger partial charge in [0, 0.05) is 18.7 Å². The summed E-state index contributed by atoms with van der Waals surface area (Å²) in [5.41, 5.74) is 1.01. The Balaban J connectivity index is 1.54. The van der Waals surface area contributed by atoms with Crippen molar-refractivity contribution < 1.29 is 19.1 Å². The first kappa shape index (κ1) is 20.8. The van der Waals surface area contributed by atoms with E-state index < -0.39 is 29.9 Å². The van der Waals surface area contributed by atoms with Crippen LogP contribution in [0.15, 0.2) is 24.3 Å². The van der Waals surface area contributed by atoms with Crippen LogP contribution < -0.4 is 10.2 Å². The summed E-state index contributed by atoms with van der Waals surface area (Å²) in [4.78, 5) is 38.7. The van der Waals surface area contributed by atoms with E-state index in [4.69, 9.17) is 4.74 Å². The summed E-state index contributed by atoms with van der Waals surface area (Å²) in [6, 6.07) is 9.85. The second kappa shape index (κ2) is 9.08. The molecular formula is C22H27N3O4. The Hall–Kier alpha value is -2.88. The molecule has 2 aliphatic rings. The summed E-state index contributed by atoms with van der Waals surface area (Å²) in [7, 11) is 0. The quantitative estimate of drug-likeness (QED) is 0.744. The number of para-hydroxylation sites is 1. The molecular weight excluding hydrogens is 370 g/mol. The van der Waals surface area contributed by atoms with E-state index in [1.54, 1.807) is 4.90 Å². The van der Waals surface area contributed by atoms with Gasteiger partial charge in [0.15, 0.2) is 6.61 Å². The van der Waals surface area contributed by atoms with Crippen molar-refractivity contribution in [2.75, 3.05) is 18.1 Å². The lowest BCUT2D eigenvalue weighted by Crippen LogP contribution is -2.50. The van der Waals surface area contributed by atoms with Crippen LogP contribution in [0, 0.1) is 17.2 Å². The molecule has 1 N–H and O–H groups in total. The predicted molar refractivity (Wildman–Crippen MR) is 107 cm³/mol. The van der Waals surface area contributed by atoms with Gasteiger partial charge in [0.1, 0.15) is 5.54 Å². The molecule has 7 heteroatoms. The van der Waals surface area contributed by atoms with E-state index in [0.29, 0.717) is 12.8 Å². The van der Waals surface area contributed by atoms with Crippen LogP contribution in [0.25, 0.3) is 0 Å². The first-order valence-electron chi connectivity index (χ1n) is 10.2. The third-order valence-electron chi connectivity index (χ3n) is 5.77. The Morgan fingerprint density at radius 1 is 1.28 bits per heavy atom. The van der Waals surface area contributed by atoms with Crippen molar-refractivity contribution in [2.24, 2.45) is 5.92 Å². The molecule has 1 aliphatic carbocycles. The number of carbonyl (C=O) groups is 3.